The zero-order valence-electron chi connectivity index (χ0n) is 3.83. The second kappa shape index (κ2) is 10.3. The molecular weight excluding hydrogens is 150 g/mol. The summed E-state index contributed by atoms with van der Waals surface area (Å²) in [6.07, 6.45) is 0. The first kappa shape index (κ1) is 15.7. The van der Waals surface area contributed by atoms with E-state index < -0.39 is 8.25 Å². The first-order chi connectivity index (χ1) is 2.77. The van der Waals surface area contributed by atoms with Gasteiger partial charge in [0.15, 0.2) is 0 Å². The molecule has 0 spiro atoms. The minimum atomic E-state index is -2.35. The van der Waals surface area contributed by atoms with Gasteiger partial charge in [-0.2, -0.15) is 0 Å². The molecule has 1 atom stereocenters. The van der Waals surface area contributed by atoms with Crippen LogP contribution >= 0.6 is 20.7 Å². The van der Waals surface area contributed by atoms with Crippen molar-refractivity contribution in [3.05, 3.63) is 0 Å². The van der Waals surface area contributed by atoms with Crippen molar-refractivity contribution in [3.63, 3.8) is 0 Å². The van der Waals surface area contributed by atoms with Crippen molar-refractivity contribution in [1.29, 1.82) is 0 Å². The Bertz CT molecular complexity index is 58.5. The van der Waals surface area contributed by atoms with Gasteiger partial charge in [0, 0.05) is 4.57 Å². The van der Waals surface area contributed by atoms with Crippen LogP contribution in [0.2, 0.25) is 0 Å². The van der Waals surface area contributed by atoms with E-state index in [1.807, 2.05) is 0 Å². The van der Waals surface area contributed by atoms with Gasteiger partial charge < -0.3 is 0 Å². The van der Waals surface area contributed by atoms with E-state index in [2.05, 4.69) is 4.52 Å². The molecule has 0 heterocycles. The summed E-state index contributed by atoms with van der Waals surface area (Å²) in [4.78, 5) is 7.84. The molecule has 0 rings (SSSR count). The molecule has 0 fully saturated rings. The van der Waals surface area contributed by atoms with E-state index in [1.165, 1.54) is 0 Å². The van der Waals surface area contributed by atoms with Gasteiger partial charge in [0.2, 0.25) is 0 Å². The number of hydrogen-bond donors (Lipinski definition) is 1. The fraction of sp³-hybridized carbons (Fsp3) is 1.00. The monoisotopic (exact) mass is 161 g/mol. The average molecular weight is 162 g/mol. The van der Waals surface area contributed by atoms with Crippen LogP contribution in [0, 0.1) is 0 Å². The van der Waals surface area contributed by atoms with Gasteiger partial charge in [-0.15, -0.1) is 21.8 Å². The van der Waals surface area contributed by atoms with Crippen molar-refractivity contribution in [2.24, 2.45) is 0 Å². The van der Waals surface area contributed by atoms with Gasteiger partial charge in [0.05, 0.1) is 0 Å². The summed E-state index contributed by atoms with van der Waals surface area (Å²) in [7, 11) is -2.35. The fourth-order valence-electron chi connectivity index (χ4n) is 0.110. The molecule has 3 nitrogen and oxygen atoms in total. The molecule has 52 valence electrons. The van der Waals surface area contributed by atoms with E-state index >= 15 is 0 Å². The minimum Gasteiger partial charge on any atom is -0.147 e. The normalized spacial score (nSPS) is 8.50. The van der Waals surface area contributed by atoms with Crippen LogP contribution in [0.3, 0.4) is 0 Å². The predicted octanol–water partition coefficient (Wildman–Crippen LogP) is 1.73. The van der Waals surface area contributed by atoms with Crippen molar-refractivity contribution in [2.45, 2.75) is 14.4 Å². The molecule has 0 bridgehead atoms. The summed E-state index contributed by atoms with van der Waals surface area (Å²) in [5.74, 6) is 0. The molecule has 0 aliphatic carbocycles. The molecule has 0 aromatic carbocycles. The first-order valence-corrected chi connectivity index (χ1v) is 2.69. The van der Waals surface area contributed by atoms with E-state index in [9.17, 15) is 4.57 Å². The van der Waals surface area contributed by atoms with Crippen LogP contribution < -0.4 is 0 Å². The smallest absolute Gasteiger partial charge is 0.147 e. The lowest BCUT2D eigenvalue weighted by Crippen LogP contribution is -1.72. The zero-order chi connectivity index (χ0) is 4.99. The fourth-order valence-corrected chi connectivity index (χ4v) is 0.331. The highest BCUT2D eigenvalue weighted by Gasteiger charge is 2.06. The molecule has 0 saturated carbocycles. The minimum absolute atomic E-state index is 0. The lowest BCUT2D eigenvalue weighted by atomic mass is 10.9. The molecule has 0 saturated heterocycles. The topological polar surface area (TPSA) is 46.5 Å². The largest absolute Gasteiger partial charge is 0.694 e. The summed E-state index contributed by atoms with van der Waals surface area (Å²) in [6, 6.07) is 0. The van der Waals surface area contributed by atoms with E-state index in [1.54, 1.807) is 6.92 Å². The highest BCUT2D eigenvalue weighted by molar-refractivity contribution is 7.32. The molecular formula is C3H11ClO3P+. The molecule has 0 amide bonds. The van der Waals surface area contributed by atoms with Gasteiger partial charge in [-0.25, -0.2) is 0 Å². The first-order valence-electron chi connectivity index (χ1n) is 1.56. The Morgan fingerprint density at radius 2 is 2.12 bits per heavy atom. The highest BCUT2D eigenvalue weighted by Crippen LogP contribution is 2.12. The zero-order valence-corrected chi connectivity index (χ0v) is 5.54. The number of halogens is 1. The number of hydrogen-bond acceptors (Lipinski definition) is 2. The molecule has 0 aromatic heterocycles. The van der Waals surface area contributed by atoms with Crippen LogP contribution in [0.25, 0.3) is 0 Å². The second-order valence-electron chi connectivity index (χ2n) is 0.656. The summed E-state index contributed by atoms with van der Waals surface area (Å²) in [5, 5.41) is 0. The maximum absolute atomic E-state index is 9.53. The molecule has 0 aliphatic heterocycles. The van der Waals surface area contributed by atoms with Crippen LogP contribution in [0.1, 0.15) is 14.4 Å². The van der Waals surface area contributed by atoms with Crippen LogP contribution in [0.15, 0.2) is 0 Å². The van der Waals surface area contributed by atoms with Crippen molar-refractivity contribution in [1.82, 2.24) is 0 Å². The summed E-state index contributed by atoms with van der Waals surface area (Å²) in [6.45, 7) is 1.95. The van der Waals surface area contributed by atoms with Crippen molar-refractivity contribution in [2.75, 3.05) is 6.61 Å². The molecule has 0 aliphatic rings. The Labute approximate surface area is 56.4 Å². The third kappa shape index (κ3) is 16.2. The van der Waals surface area contributed by atoms with Gasteiger partial charge in [-0.3, -0.25) is 0 Å². The van der Waals surface area contributed by atoms with Gasteiger partial charge >= 0.3 is 8.25 Å². The van der Waals surface area contributed by atoms with Crippen LogP contribution in [-0.4, -0.2) is 11.5 Å². The maximum Gasteiger partial charge on any atom is 0.694 e. The van der Waals surface area contributed by atoms with Gasteiger partial charge in [0.1, 0.15) is 6.61 Å². The lowest BCUT2D eigenvalue weighted by molar-refractivity contribution is 0.297. The van der Waals surface area contributed by atoms with Gasteiger partial charge in [0.25, 0.3) is 0 Å². The molecule has 1 N–H and O–H groups in total. The lowest BCUT2D eigenvalue weighted by Gasteiger charge is -1.68. The SMILES string of the molecule is C.CCO[P+](=O)O.Cl. The predicted molar refractivity (Wildman–Crippen MR) is 35.4 cm³/mol. The van der Waals surface area contributed by atoms with E-state index in [-0.39, 0.29) is 19.8 Å². The summed E-state index contributed by atoms with van der Waals surface area (Å²) >= 11 is 0. The maximum atomic E-state index is 9.53. The van der Waals surface area contributed by atoms with E-state index in [0.29, 0.717) is 6.61 Å². The van der Waals surface area contributed by atoms with Crippen molar-refractivity contribution < 1.29 is 14.0 Å². The van der Waals surface area contributed by atoms with Gasteiger partial charge in [-0.1, -0.05) is 7.43 Å². The van der Waals surface area contributed by atoms with Crippen molar-refractivity contribution in [3.8, 4) is 0 Å². The summed E-state index contributed by atoms with van der Waals surface area (Å²) in [5.41, 5.74) is 0. The Balaban J connectivity index is -0.000000125. The third-order valence-electron chi connectivity index (χ3n) is 0.240. The van der Waals surface area contributed by atoms with Crippen LogP contribution in [0.4, 0.5) is 0 Å². The Kier molecular flexibility index (Phi) is 20.3. The quantitative estimate of drug-likeness (QED) is 0.628. The highest BCUT2D eigenvalue weighted by atomic mass is 35.5. The Hall–Kier alpha value is 0.310. The van der Waals surface area contributed by atoms with E-state index in [0.717, 1.165) is 0 Å². The summed E-state index contributed by atoms with van der Waals surface area (Å²) < 4.78 is 13.6. The second-order valence-corrected chi connectivity index (χ2v) is 1.39. The third-order valence-corrected chi connectivity index (χ3v) is 0.719. The molecule has 0 radical (unpaired) electrons. The standard InChI is InChI=1S/C2H5O3P.CH4.ClH/c1-2-5-6(3)4;;/h2H2,1H3;1H4;1H/p+1. The Morgan fingerprint density at radius 3 is 2.12 bits per heavy atom. The molecule has 5 heteroatoms. The van der Waals surface area contributed by atoms with E-state index in [4.69, 9.17) is 4.89 Å². The number of rotatable bonds is 2. The average Bonchev–Trinajstić information content (AvgIpc) is 1.35. The molecule has 0 aromatic rings. The molecule has 8 heavy (non-hydrogen) atoms. The van der Waals surface area contributed by atoms with Crippen LogP contribution in [-0.2, 0) is 9.09 Å². The van der Waals surface area contributed by atoms with Crippen LogP contribution in [0.5, 0.6) is 0 Å². The molecule has 1 unspecified atom stereocenters. The van der Waals surface area contributed by atoms with Crippen molar-refractivity contribution >= 4 is 20.7 Å². The van der Waals surface area contributed by atoms with Gasteiger partial charge in [-0.05, 0) is 6.92 Å². The Morgan fingerprint density at radius 1 is 1.75 bits per heavy atom.